The SMILES string of the molecule is CCOc1cc(/C=C2/C(=O)NC(=S)N(c3ccc(F)cc3)C2=O)cc(Br)c1OCc1ccc2ccccc2c1. The van der Waals surface area contributed by atoms with Crippen molar-refractivity contribution in [2.75, 3.05) is 11.5 Å². The minimum Gasteiger partial charge on any atom is -0.490 e. The molecule has 0 unspecified atom stereocenters. The number of amides is 2. The van der Waals surface area contributed by atoms with Crippen LogP contribution in [0.4, 0.5) is 10.1 Å². The number of halogens is 2. The average molecular weight is 605 g/mol. The lowest BCUT2D eigenvalue weighted by Crippen LogP contribution is -2.54. The zero-order valence-corrected chi connectivity index (χ0v) is 23.1. The summed E-state index contributed by atoms with van der Waals surface area (Å²) in [6.07, 6.45) is 1.45. The van der Waals surface area contributed by atoms with Gasteiger partial charge < -0.3 is 9.47 Å². The van der Waals surface area contributed by atoms with Crippen molar-refractivity contribution >= 4 is 67.6 Å². The van der Waals surface area contributed by atoms with Crippen molar-refractivity contribution in [1.82, 2.24) is 5.32 Å². The number of rotatable bonds is 7. The molecule has 0 aromatic heterocycles. The fraction of sp³-hybridized carbons (Fsp3) is 0.100. The van der Waals surface area contributed by atoms with Crippen LogP contribution < -0.4 is 19.7 Å². The standard InChI is InChI=1S/C30H22BrFN2O4S/c1-2-37-26-16-19(14-24-28(35)33-30(39)34(29(24)36)23-11-9-22(32)10-12-23)15-25(31)27(26)38-17-18-7-8-20-5-3-4-6-21(20)13-18/h3-16H,2,17H2,1H3,(H,33,35,39)/b24-14-. The molecule has 0 aliphatic carbocycles. The van der Waals surface area contributed by atoms with Gasteiger partial charge in [-0.1, -0.05) is 36.4 Å². The fourth-order valence-electron chi connectivity index (χ4n) is 4.21. The molecule has 4 aromatic carbocycles. The number of carbonyl (C=O) groups is 2. The van der Waals surface area contributed by atoms with Crippen molar-refractivity contribution < 1.29 is 23.5 Å². The topological polar surface area (TPSA) is 67.9 Å². The van der Waals surface area contributed by atoms with Crippen LogP contribution >= 0.6 is 28.1 Å². The van der Waals surface area contributed by atoms with Crippen LogP contribution in [-0.2, 0) is 16.2 Å². The highest BCUT2D eigenvalue weighted by Gasteiger charge is 2.34. The molecule has 9 heteroatoms. The number of hydrogen-bond donors (Lipinski definition) is 1. The van der Waals surface area contributed by atoms with E-state index in [0.717, 1.165) is 21.2 Å². The van der Waals surface area contributed by atoms with Crippen LogP contribution in [0, 0.1) is 5.82 Å². The van der Waals surface area contributed by atoms with Gasteiger partial charge in [0, 0.05) is 0 Å². The van der Waals surface area contributed by atoms with Gasteiger partial charge in [0.1, 0.15) is 18.0 Å². The quantitative estimate of drug-likeness (QED) is 0.147. The van der Waals surface area contributed by atoms with Gasteiger partial charge in [0.2, 0.25) is 0 Å². The Morgan fingerprint density at radius 3 is 2.46 bits per heavy atom. The lowest BCUT2D eigenvalue weighted by atomic mass is 10.1. The summed E-state index contributed by atoms with van der Waals surface area (Å²) in [5.74, 6) is -0.755. The maximum Gasteiger partial charge on any atom is 0.270 e. The number of anilines is 1. The van der Waals surface area contributed by atoms with Gasteiger partial charge in [-0.25, -0.2) is 4.39 Å². The molecule has 2 amide bonds. The van der Waals surface area contributed by atoms with Crippen LogP contribution in [0.25, 0.3) is 16.8 Å². The van der Waals surface area contributed by atoms with Crippen molar-refractivity contribution in [3.05, 3.63) is 106 Å². The van der Waals surface area contributed by atoms with Crippen molar-refractivity contribution in [3.63, 3.8) is 0 Å². The van der Waals surface area contributed by atoms with Crippen LogP contribution in [0.2, 0.25) is 0 Å². The van der Waals surface area contributed by atoms with E-state index in [1.54, 1.807) is 12.1 Å². The Labute approximate surface area is 238 Å². The molecule has 0 saturated carbocycles. The summed E-state index contributed by atoms with van der Waals surface area (Å²) in [4.78, 5) is 27.2. The molecule has 4 aromatic rings. The molecule has 0 radical (unpaired) electrons. The number of carbonyl (C=O) groups excluding carboxylic acids is 2. The van der Waals surface area contributed by atoms with Crippen LogP contribution in [-0.4, -0.2) is 23.5 Å². The van der Waals surface area contributed by atoms with Gasteiger partial charge in [-0.05, 0) is 106 Å². The minimum absolute atomic E-state index is 0.0811. The summed E-state index contributed by atoms with van der Waals surface area (Å²) in [5.41, 5.74) is 1.74. The molecule has 1 aliphatic rings. The summed E-state index contributed by atoms with van der Waals surface area (Å²) < 4.78 is 26.0. The van der Waals surface area contributed by atoms with Gasteiger partial charge in [-0.15, -0.1) is 0 Å². The third kappa shape index (κ3) is 5.69. The molecule has 1 aliphatic heterocycles. The van der Waals surface area contributed by atoms with E-state index in [0.29, 0.717) is 40.4 Å². The lowest BCUT2D eigenvalue weighted by Gasteiger charge is -2.29. The average Bonchev–Trinajstić information content (AvgIpc) is 2.91. The fourth-order valence-corrected chi connectivity index (χ4v) is 5.06. The van der Waals surface area contributed by atoms with Gasteiger partial charge in [0.15, 0.2) is 16.6 Å². The van der Waals surface area contributed by atoms with E-state index in [2.05, 4.69) is 45.5 Å². The van der Waals surface area contributed by atoms with Crippen molar-refractivity contribution in [1.29, 1.82) is 0 Å². The highest BCUT2D eigenvalue weighted by Crippen LogP contribution is 2.38. The molecular formula is C30H22BrFN2O4S. The van der Waals surface area contributed by atoms with Gasteiger partial charge >= 0.3 is 0 Å². The largest absolute Gasteiger partial charge is 0.490 e. The van der Waals surface area contributed by atoms with Gasteiger partial charge in [0.05, 0.1) is 16.8 Å². The maximum absolute atomic E-state index is 13.4. The number of ether oxygens (including phenoxy) is 2. The molecule has 1 fully saturated rings. The van der Waals surface area contributed by atoms with E-state index in [9.17, 15) is 14.0 Å². The number of hydrogen-bond acceptors (Lipinski definition) is 5. The second-order valence-corrected chi connectivity index (χ2v) is 9.91. The number of benzene rings is 4. The van der Waals surface area contributed by atoms with E-state index in [1.165, 1.54) is 30.3 Å². The van der Waals surface area contributed by atoms with Crippen molar-refractivity contribution in [2.24, 2.45) is 0 Å². The van der Waals surface area contributed by atoms with Crippen molar-refractivity contribution in [2.45, 2.75) is 13.5 Å². The van der Waals surface area contributed by atoms with E-state index >= 15 is 0 Å². The van der Waals surface area contributed by atoms with E-state index in [1.807, 2.05) is 25.1 Å². The first-order valence-electron chi connectivity index (χ1n) is 12.1. The number of nitrogens with one attached hydrogen (secondary N) is 1. The summed E-state index contributed by atoms with van der Waals surface area (Å²) >= 11 is 8.77. The van der Waals surface area contributed by atoms with Gasteiger partial charge in [0.25, 0.3) is 11.8 Å². The second-order valence-electron chi connectivity index (χ2n) is 8.67. The second kappa shape index (κ2) is 11.3. The Hall–Kier alpha value is -4.08. The summed E-state index contributed by atoms with van der Waals surface area (Å²) in [6, 6.07) is 22.9. The zero-order chi connectivity index (χ0) is 27.5. The van der Waals surface area contributed by atoms with Crippen molar-refractivity contribution in [3.8, 4) is 11.5 Å². The lowest BCUT2D eigenvalue weighted by molar-refractivity contribution is -0.122. The number of nitrogens with zero attached hydrogens (tertiary/aromatic N) is 1. The monoisotopic (exact) mass is 604 g/mol. The maximum atomic E-state index is 13.4. The molecule has 1 N–H and O–H groups in total. The summed E-state index contributed by atoms with van der Waals surface area (Å²) in [6.45, 7) is 2.55. The Kier molecular flexibility index (Phi) is 7.72. The molecule has 0 spiro atoms. The highest BCUT2D eigenvalue weighted by atomic mass is 79.9. The third-order valence-corrected chi connectivity index (χ3v) is 6.90. The van der Waals surface area contributed by atoms with Crippen LogP contribution in [0.3, 0.4) is 0 Å². The molecule has 0 bridgehead atoms. The predicted octanol–water partition coefficient (Wildman–Crippen LogP) is 6.55. The van der Waals surface area contributed by atoms with Gasteiger partial charge in [-0.3, -0.25) is 19.8 Å². The Morgan fingerprint density at radius 1 is 0.974 bits per heavy atom. The first-order valence-corrected chi connectivity index (χ1v) is 13.3. The van der Waals surface area contributed by atoms with Gasteiger partial charge in [-0.2, -0.15) is 0 Å². The zero-order valence-electron chi connectivity index (χ0n) is 20.7. The van der Waals surface area contributed by atoms with E-state index in [-0.39, 0.29) is 10.7 Å². The number of thiocarbonyl (C=S) groups is 1. The molecule has 6 nitrogen and oxygen atoms in total. The molecule has 1 saturated heterocycles. The molecule has 0 atom stereocenters. The third-order valence-electron chi connectivity index (χ3n) is 6.03. The highest BCUT2D eigenvalue weighted by molar-refractivity contribution is 9.10. The Bertz CT molecular complexity index is 1640. The summed E-state index contributed by atoms with van der Waals surface area (Å²) in [5, 5.41) is 4.71. The number of fused-ring (bicyclic) bond motifs is 1. The Morgan fingerprint density at radius 2 is 1.72 bits per heavy atom. The first kappa shape index (κ1) is 26.5. The molecule has 39 heavy (non-hydrogen) atoms. The van der Waals surface area contributed by atoms with Crippen LogP contribution in [0.15, 0.2) is 88.9 Å². The molecule has 196 valence electrons. The molecule has 1 heterocycles. The Balaban J connectivity index is 1.43. The van der Waals surface area contributed by atoms with Crippen LogP contribution in [0.1, 0.15) is 18.1 Å². The normalized spacial score (nSPS) is 14.6. The van der Waals surface area contributed by atoms with E-state index in [4.69, 9.17) is 21.7 Å². The molecule has 5 rings (SSSR count). The summed E-state index contributed by atoms with van der Waals surface area (Å²) in [7, 11) is 0. The van der Waals surface area contributed by atoms with E-state index < -0.39 is 17.6 Å². The molecular weight excluding hydrogens is 583 g/mol. The minimum atomic E-state index is -0.630. The predicted molar refractivity (Wildman–Crippen MR) is 156 cm³/mol. The van der Waals surface area contributed by atoms with Crippen LogP contribution in [0.5, 0.6) is 11.5 Å². The smallest absolute Gasteiger partial charge is 0.270 e. The first-order chi connectivity index (χ1) is 18.8.